The molecule has 0 spiro atoms. The lowest BCUT2D eigenvalue weighted by Gasteiger charge is -2.35. The van der Waals surface area contributed by atoms with E-state index in [9.17, 15) is 18.0 Å². The van der Waals surface area contributed by atoms with Gasteiger partial charge in [0.15, 0.2) is 0 Å². The number of sulfonamides is 1. The highest BCUT2D eigenvalue weighted by atomic mass is 35.5. The van der Waals surface area contributed by atoms with Crippen molar-refractivity contribution in [1.82, 2.24) is 10.2 Å². The average Bonchev–Trinajstić information content (AvgIpc) is 3.06. The van der Waals surface area contributed by atoms with Crippen LogP contribution in [0.4, 0.5) is 5.69 Å². The zero-order chi connectivity index (χ0) is 33.4. The Morgan fingerprint density at radius 2 is 1.38 bits per heavy atom. The number of carbonyl (C=O) groups excluding carboxylic acids is 2. The van der Waals surface area contributed by atoms with Crippen LogP contribution < -0.4 is 9.62 Å². The van der Waals surface area contributed by atoms with Crippen molar-refractivity contribution in [2.75, 3.05) is 10.8 Å². The summed E-state index contributed by atoms with van der Waals surface area (Å²) in [6.07, 6.45) is 5.23. The number of aryl methyl sites for hydroxylation is 1. The van der Waals surface area contributed by atoms with Gasteiger partial charge in [-0.25, -0.2) is 8.42 Å². The SMILES string of the molecule is Cc1ccc(S(=O)(=O)N(CC(=O)N(Cc2ccccc2)C(Cc2ccccc2)C(=O)NC2CCCCC2)c2cc(Cl)cc(Cl)c2)cc1. The van der Waals surface area contributed by atoms with Gasteiger partial charge in [-0.05, 0) is 61.2 Å². The molecule has 1 aliphatic rings. The van der Waals surface area contributed by atoms with Gasteiger partial charge in [0.25, 0.3) is 10.0 Å². The number of nitrogens with one attached hydrogen (secondary N) is 1. The number of benzene rings is 4. The van der Waals surface area contributed by atoms with Crippen molar-refractivity contribution in [1.29, 1.82) is 0 Å². The Kier molecular flexibility index (Phi) is 11.6. The van der Waals surface area contributed by atoms with Gasteiger partial charge in [0.1, 0.15) is 12.6 Å². The molecule has 1 aliphatic carbocycles. The molecule has 0 radical (unpaired) electrons. The van der Waals surface area contributed by atoms with Crippen molar-refractivity contribution in [3.8, 4) is 0 Å². The Labute approximate surface area is 287 Å². The van der Waals surface area contributed by atoms with Crippen LogP contribution >= 0.6 is 23.2 Å². The Hall–Kier alpha value is -3.85. The number of hydrogen-bond donors (Lipinski definition) is 1. The summed E-state index contributed by atoms with van der Waals surface area (Å²) in [5.41, 5.74) is 2.72. The van der Waals surface area contributed by atoms with E-state index in [1.54, 1.807) is 12.1 Å². The van der Waals surface area contributed by atoms with Crippen LogP contribution in [-0.2, 0) is 32.6 Å². The van der Waals surface area contributed by atoms with Gasteiger partial charge in [0, 0.05) is 29.1 Å². The van der Waals surface area contributed by atoms with Crippen molar-refractivity contribution < 1.29 is 18.0 Å². The fourth-order valence-electron chi connectivity index (χ4n) is 5.93. The minimum absolute atomic E-state index is 0.0116. The normalized spacial score (nSPS) is 14.3. The van der Waals surface area contributed by atoms with Crippen LogP contribution in [0.15, 0.2) is 108 Å². The van der Waals surface area contributed by atoms with Gasteiger partial charge >= 0.3 is 0 Å². The van der Waals surface area contributed by atoms with E-state index in [0.717, 1.165) is 53.1 Å². The predicted molar refractivity (Wildman–Crippen MR) is 188 cm³/mol. The largest absolute Gasteiger partial charge is 0.352 e. The van der Waals surface area contributed by atoms with Gasteiger partial charge < -0.3 is 10.2 Å². The summed E-state index contributed by atoms with van der Waals surface area (Å²) in [6.45, 7) is 1.38. The number of rotatable bonds is 12. The second kappa shape index (κ2) is 15.8. The first-order valence-corrected chi connectivity index (χ1v) is 18.0. The quantitative estimate of drug-likeness (QED) is 0.166. The van der Waals surface area contributed by atoms with Crippen LogP contribution in [0.25, 0.3) is 0 Å². The van der Waals surface area contributed by atoms with E-state index in [1.165, 1.54) is 35.2 Å². The Bertz CT molecular complexity index is 1740. The van der Waals surface area contributed by atoms with Crippen LogP contribution in [0.5, 0.6) is 0 Å². The number of anilines is 1. The lowest BCUT2D eigenvalue weighted by molar-refractivity contribution is -0.140. The third-order valence-corrected chi connectivity index (χ3v) is 10.7. The van der Waals surface area contributed by atoms with Crippen LogP contribution in [0.2, 0.25) is 10.0 Å². The lowest BCUT2D eigenvalue weighted by Crippen LogP contribution is -2.55. The Balaban J connectivity index is 1.57. The first-order valence-electron chi connectivity index (χ1n) is 15.8. The maximum atomic E-state index is 14.6. The van der Waals surface area contributed by atoms with E-state index in [2.05, 4.69) is 5.32 Å². The molecule has 5 rings (SSSR count). The van der Waals surface area contributed by atoms with Gasteiger partial charge in [-0.2, -0.15) is 0 Å². The molecule has 1 N–H and O–H groups in total. The minimum atomic E-state index is -4.27. The van der Waals surface area contributed by atoms with Gasteiger partial charge in [-0.1, -0.05) is 121 Å². The molecule has 1 fully saturated rings. The summed E-state index contributed by atoms with van der Waals surface area (Å²) >= 11 is 12.7. The van der Waals surface area contributed by atoms with E-state index in [-0.39, 0.29) is 45.5 Å². The van der Waals surface area contributed by atoms with E-state index in [0.29, 0.717) is 0 Å². The summed E-state index contributed by atoms with van der Waals surface area (Å²) in [4.78, 5) is 30.3. The molecule has 4 aromatic rings. The molecule has 7 nitrogen and oxygen atoms in total. The van der Waals surface area contributed by atoms with Crippen molar-refractivity contribution in [2.45, 2.75) is 69.0 Å². The van der Waals surface area contributed by atoms with Gasteiger partial charge in [0.2, 0.25) is 11.8 Å². The summed E-state index contributed by atoms with van der Waals surface area (Å²) in [7, 11) is -4.27. The molecule has 2 amide bonds. The van der Waals surface area contributed by atoms with Crippen molar-refractivity contribution in [2.24, 2.45) is 0 Å². The number of halogens is 2. The Morgan fingerprint density at radius 3 is 1.98 bits per heavy atom. The van der Waals surface area contributed by atoms with E-state index in [4.69, 9.17) is 23.2 Å². The Morgan fingerprint density at radius 1 is 0.809 bits per heavy atom. The molecule has 1 atom stereocenters. The topological polar surface area (TPSA) is 86.8 Å². The molecule has 0 aromatic heterocycles. The minimum Gasteiger partial charge on any atom is -0.352 e. The molecule has 246 valence electrons. The predicted octanol–water partition coefficient (Wildman–Crippen LogP) is 7.59. The molecule has 0 bridgehead atoms. The first-order chi connectivity index (χ1) is 22.6. The molecule has 0 saturated heterocycles. The molecular formula is C37H39Cl2N3O4S. The molecule has 4 aromatic carbocycles. The number of hydrogen-bond acceptors (Lipinski definition) is 4. The van der Waals surface area contributed by atoms with Gasteiger partial charge in [-0.3, -0.25) is 13.9 Å². The molecule has 0 heterocycles. The standard InChI is InChI=1S/C37H39Cl2N3O4S/c1-27-17-19-34(20-18-27)47(45,46)42(33-23-30(38)22-31(39)24-33)26-36(43)41(25-29-13-7-3-8-14-29)35(21-28-11-5-2-6-12-28)37(44)40-32-15-9-4-10-16-32/h2-3,5-8,11-14,17-20,22-24,32,35H,4,9-10,15-16,21,25-26H2,1H3,(H,40,44). The zero-order valence-corrected chi connectivity index (χ0v) is 28.6. The van der Waals surface area contributed by atoms with Crippen LogP contribution in [0, 0.1) is 6.92 Å². The zero-order valence-electron chi connectivity index (χ0n) is 26.3. The van der Waals surface area contributed by atoms with Gasteiger partial charge in [-0.15, -0.1) is 0 Å². The smallest absolute Gasteiger partial charge is 0.264 e. The average molecular weight is 693 g/mol. The van der Waals surface area contributed by atoms with Gasteiger partial charge in [0.05, 0.1) is 10.6 Å². The van der Waals surface area contributed by atoms with E-state index in [1.807, 2.05) is 67.6 Å². The highest BCUT2D eigenvalue weighted by Crippen LogP contribution is 2.30. The maximum absolute atomic E-state index is 14.6. The summed E-state index contributed by atoms with van der Waals surface area (Å²) < 4.78 is 29.5. The monoisotopic (exact) mass is 691 g/mol. The molecular weight excluding hydrogens is 653 g/mol. The summed E-state index contributed by atoms with van der Waals surface area (Å²) in [5.74, 6) is -0.802. The molecule has 10 heteroatoms. The van der Waals surface area contributed by atoms with Crippen LogP contribution in [0.1, 0.15) is 48.8 Å². The van der Waals surface area contributed by atoms with E-state index >= 15 is 0 Å². The fraction of sp³-hybridized carbons (Fsp3) is 0.297. The third-order valence-electron chi connectivity index (χ3n) is 8.44. The van der Waals surface area contributed by atoms with Crippen molar-refractivity contribution in [3.63, 3.8) is 0 Å². The third kappa shape index (κ3) is 9.15. The second-order valence-corrected chi connectivity index (χ2v) is 14.7. The highest BCUT2D eigenvalue weighted by Gasteiger charge is 2.35. The number of amides is 2. The summed E-state index contributed by atoms with van der Waals surface area (Å²) in [5, 5.41) is 3.66. The molecule has 0 aliphatic heterocycles. The number of nitrogens with zero attached hydrogens (tertiary/aromatic N) is 2. The first kappa shape index (κ1) is 34.5. The van der Waals surface area contributed by atoms with Crippen molar-refractivity contribution in [3.05, 3.63) is 130 Å². The van der Waals surface area contributed by atoms with Crippen molar-refractivity contribution >= 4 is 50.7 Å². The maximum Gasteiger partial charge on any atom is 0.264 e. The molecule has 47 heavy (non-hydrogen) atoms. The number of carbonyl (C=O) groups is 2. The van der Waals surface area contributed by atoms with Crippen LogP contribution in [-0.4, -0.2) is 43.8 Å². The highest BCUT2D eigenvalue weighted by molar-refractivity contribution is 7.92. The van der Waals surface area contributed by atoms with E-state index < -0.39 is 28.5 Å². The molecule has 1 saturated carbocycles. The lowest BCUT2D eigenvalue weighted by atomic mass is 9.94. The van der Waals surface area contributed by atoms with Crippen LogP contribution in [0.3, 0.4) is 0 Å². The fourth-order valence-corrected chi connectivity index (χ4v) is 7.84. The molecule has 1 unspecified atom stereocenters. The second-order valence-electron chi connectivity index (χ2n) is 12.0. The summed E-state index contributed by atoms with van der Waals surface area (Å²) in [6, 6.07) is 28.9.